The summed E-state index contributed by atoms with van der Waals surface area (Å²) < 4.78 is 48.9. The van der Waals surface area contributed by atoms with Crippen LogP contribution >= 0.6 is 17.1 Å². The van der Waals surface area contributed by atoms with Crippen molar-refractivity contribution in [1.29, 1.82) is 0 Å². The van der Waals surface area contributed by atoms with Gasteiger partial charge in [0.05, 0.1) is 22.6 Å². The fraction of sp³-hybridized carbons (Fsp3) is 0.438. The molecule has 142 valence electrons. The first kappa shape index (κ1) is 19.8. The summed E-state index contributed by atoms with van der Waals surface area (Å²) in [7, 11) is -3.49. The Kier molecular flexibility index (Phi) is 6.10. The molecule has 1 aliphatic rings. The molecule has 0 amide bonds. The highest BCUT2D eigenvalue weighted by molar-refractivity contribution is 8.12. The zero-order valence-corrected chi connectivity index (χ0v) is 17.0. The molecule has 1 fully saturated rings. The first-order chi connectivity index (χ1) is 12.3. The third-order valence-corrected chi connectivity index (χ3v) is 7.62. The second-order valence-electron chi connectivity index (χ2n) is 6.19. The Morgan fingerprint density at radius 2 is 1.96 bits per heavy atom. The summed E-state index contributed by atoms with van der Waals surface area (Å²) in [6.07, 6.45) is 3.68. The second-order valence-corrected chi connectivity index (χ2v) is 9.93. The molecule has 3 unspecified atom stereocenters. The van der Waals surface area contributed by atoms with Gasteiger partial charge in [0.25, 0.3) is 13.7 Å². The first-order valence-electron chi connectivity index (χ1n) is 8.17. The molecule has 0 aliphatic heterocycles. The number of hydrogen-bond acceptors (Lipinski definition) is 5. The Bertz CT molecular complexity index is 963. The van der Waals surface area contributed by atoms with Crippen LogP contribution in [0.2, 0.25) is 0 Å². The third kappa shape index (κ3) is 4.00. The summed E-state index contributed by atoms with van der Waals surface area (Å²) in [5, 5.41) is 0.571. The van der Waals surface area contributed by atoms with E-state index in [9.17, 15) is 17.4 Å². The van der Waals surface area contributed by atoms with Gasteiger partial charge in [-0.05, 0) is 51.4 Å². The van der Waals surface area contributed by atoms with E-state index in [1.165, 1.54) is 18.2 Å². The maximum Gasteiger partial charge on any atom is 0.302 e. The van der Waals surface area contributed by atoms with Crippen LogP contribution in [-0.4, -0.2) is 26.2 Å². The third-order valence-electron chi connectivity index (χ3n) is 4.66. The predicted molar refractivity (Wildman–Crippen MR) is 103 cm³/mol. The van der Waals surface area contributed by atoms with Crippen molar-refractivity contribution in [3.63, 3.8) is 0 Å². The van der Waals surface area contributed by atoms with E-state index in [2.05, 4.69) is 3.97 Å². The highest BCUT2D eigenvalue weighted by Crippen LogP contribution is 2.49. The molecule has 0 bridgehead atoms. The molecule has 1 heterocycles. The van der Waals surface area contributed by atoms with Crippen molar-refractivity contribution < 1.29 is 21.3 Å². The highest BCUT2D eigenvalue weighted by atomic mass is 32.3. The molecule has 1 aromatic carbocycles. The van der Waals surface area contributed by atoms with Gasteiger partial charge in [0.15, 0.2) is 0 Å². The van der Waals surface area contributed by atoms with E-state index in [1.807, 2.05) is 0 Å². The van der Waals surface area contributed by atoms with Gasteiger partial charge < -0.3 is 9.30 Å². The van der Waals surface area contributed by atoms with Crippen molar-refractivity contribution in [2.24, 2.45) is 0 Å². The maximum absolute atomic E-state index is 13.0. The van der Waals surface area contributed by atoms with Crippen LogP contribution in [-0.2, 0) is 18.8 Å². The number of benzene rings is 1. The Hall–Kier alpha value is -0.910. The smallest absolute Gasteiger partial charge is 0.302 e. The molecular formula is C16H20FNO5P2S. The average Bonchev–Trinajstić information content (AvgIpc) is 2.60. The number of nitrogens with zero attached hydrogens (tertiary/aromatic N) is 1. The van der Waals surface area contributed by atoms with E-state index >= 15 is 0 Å². The van der Waals surface area contributed by atoms with E-state index in [4.69, 9.17) is 4.74 Å². The number of halogens is 1. The molecule has 1 saturated carbocycles. The van der Waals surface area contributed by atoms with Crippen LogP contribution in [0.1, 0.15) is 31.7 Å². The molecule has 0 spiro atoms. The topological polar surface area (TPSA) is 74.6 Å². The predicted octanol–water partition coefficient (Wildman–Crippen LogP) is 3.91. The zero-order valence-electron chi connectivity index (χ0n) is 14.2. The molecule has 2 aromatic rings. The Labute approximate surface area is 154 Å². The van der Waals surface area contributed by atoms with Crippen molar-refractivity contribution in [3.05, 3.63) is 40.7 Å². The lowest BCUT2D eigenvalue weighted by molar-refractivity contribution is 0.0293. The maximum atomic E-state index is 13.0. The summed E-state index contributed by atoms with van der Waals surface area (Å²) >= 11 is 0. The van der Waals surface area contributed by atoms with Gasteiger partial charge in [-0.1, -0.05) is 12.8 Å². The molecule has 1 aromatic heterocycles. The first-order valence-corrected chi connectivity index (χ1v) is 12.3. The lowest BCUT2D eigenvalue weighted by atomic mass is 9.91. The van der Waals surface area contributed by atoms with Gasteiger partial charge >= 0.3 is 10.1 Å². The molecule has 0 N–H and O–H groups in total. The van der Waals surface area contributed by atoms with Gasteiger partial charge in [-0.2, -0.15) is 12.6 Å². The van der Waals surface area contributed by atoms with Crippen molar-refractivity contribution in [2.45, 2.75) is 42.7 Å². The summed E-state index contributed by atoms with van der Waals surface area (Å²) in [6, 6.07) is 7.18. The fourth-order valence-electron chi connectivity index (χ4n) is 3.53. The SMILES string of the molecule is CO[C@H]1CCCCC1n1c(=O)ccc2cc(S(=O)(=O)OP(F)P)ccc21. The van der Waals surface area contributed by atoms with E-state index in [1.54, 1.807) is 32.7 Å². The molecule has 0 saturated heterocycles. The highest BCUT2D eigenvalue weighted by Gasteiger charge is 2.28. The molecule has 1 aliphatic carbocycles. The van der Waals surface area contributed by atoms with E-state index in [0.29, 0.717) is 10.9 Å². The molecule has 10 heteroatoms. The summed E-state index contributed by atoms with van der Waals surface area (Å²) in [6.45, 7) is 0. The number of methoxy groups -OCH3 is 1. The second kappa shape index (κ2) is 7.99. The van der Waals surface area contributed by atoms with Crippen molar-refractivity contribution in [2.75, 3.05) is 7.11 Å². The van der Waals surface area contributed by atoms with Gasteiger partial charge in [-0.15, -0.1) is 0 Å². The average molecular weight is 419 g/mol. The molecule has 26 heavy (non-hydrogen) atoms. The minimum Gasteiger partial charge on any atom is -0.379 e. The normalized spacial score (nSPS) is 22.4. The number of pyridine rings is 1. The Balaban J connectivity index is 2.11. The Morgan fingerprint density at radius 1 is 1.23 bits per heavy atom. The van der Waals surface area contributed by atoms with Gasteiger partial charge in [-0.3, -0.25) is 4.79 Å². The number of ether oxygens (including phenoxy) is 1. The lowest BCUT2D eigenvalue weighted by Crippen LogP contribution is -2.35. The quantitative estimate of drug-likeness (QED) is 0.687. The monoisotopic (exact) mass is 419 g/mol. The Morgan fingerprint density at radius 3 is 2.65 bits per heavy atom. The minimum absolute atomic E-state index is 0.0639. The van der Waals surface area contributed by atoms with Gasteiger partial charge in [0, 0.05) is 13.2 Å². The van der Waals surface area contributed by atoms with Crippen molar-refractivity contribution in [3.8, 4) is 0 Å². The van der Waals surface area contributed by atoms with Crippen LogP contribution < -0.4 is 5.56 Å². The van der Waals surface area contributed by atoms with E-state index < -0.39 is 18.3 Å². The molecule has 3 rings (SSSR count). The number of fused-ring (bicyclic) bond motifs is 1. The standard InChI is InChI=1S/C16H20FNO5P2S/c1-22-15-5-3-2-4-14(15)18-13-8-7-12(26(20,21)23-25(17)24)10-11(13)6-9-16(18)19/h6-10,14-15H,2-5,24H2,1H3/t14?,15-,25?/m0/s1. The fourth-order valence-corrected chi connectivity index (χ4v) is 6.15. The number of hydrogen-bond donors (Lipinski definition) is 0. The van der Waals surface area contributed by atoms with Crippen LogP contribution in [0.5, 0.6) is 0 Å². The van der Waals surface area contributed by atoms with Crippen LogP contribution in [0.15, 0.2) is 40.0 Å². The molecule has 4 atom stereocenters. The van der Waals surface area contributed by atoms with Crippen LogP contribution in [0.4, 0.5) is 4.20 Å². The van der Waals surface area contributed by atoms with Gasteiger partial charge in [-0.25, -0.2) is 3.97 Å². The number of rotatable bonds is 5. The summed E-state index contributed by atoms with van der Waals surface area (Å²) in [5.41, 5.74) is 0.467. The van der Waals surface area contributed by atoms with Gasteiger partial charge in [0.2, 0.25) is 0 Å². The zero-order chi connectivity index (χ0) is 18.9. The van der Waals surface area contributed by atoms with Crippen LogP contribution in [0.3, 0.4) is 0 Å². The van der Waals surface area contributed by atoms with Gasteiger partial charge in [0.1, 0.15) is 0 Å². The summed E-state index contributed by atoms with van der Waals surface area (Å²) in [5.74, 6) is 0. The molecular weight excluding hydrogens is 399 g/mol. The molecule has 6 nitrogen and oxygen atoms in total. The van der Waals surface area contributed by atoms with Crippen molar-refractivity contribution >= 4 is 38.1 Å². The largest absolute Gasteiger partial charge is 0.379 e. The summed E-state index contributed by atoms with van der Waals surface area (Å²) in [4.78, 5) is 12.4. The molecule has 0 radical (unpaired) electrons. The lowest BCUT2D eigenvalue weighted by Gasteiger charge is -2.32. The van der Waals surface area contributed by atoms with Crippen LogP contribution in [0, 0.1) is 0 Å². The van der Waals surface area contributed by atoms with Crippen molar-refractivity contribution in [1.82, 2.24) is 4.57 Å². The minimum atomic E-state index is -4.19. The van der Waals surface area contributed by atoms with Crippen LogP contribution in [0.25, 0.3) is 10.9 Å². The van der Waals surface area contributed by atoms with E-state index in [-0.39, 0.29) is 22.6 Å². The number of aromatic nitrogens is 1. The van der Waals surface area contributed by atoms with E-state index in [0.717, 1.165) is 25.7 Å².